The molecule has 0 radical (unpaired) electrons. The molecule has 0 N–H and O–H groups in total. The van der Waals surface area contributed by atoms with Crippen molar-refractivity contribution in [2.24, 2.45) is 5.92 Å². The lowest BCUT2D eigenvalue weighted by atomic mass is 9.85. The molecule has 1 aliphatic carbocycles. The number of ether oxygens (including phenoxy) is 1. The van der Waals surface area contributed by atoms with Gasteiger partial charge in [-0.05, 0) is 26.2 Å². The van der Waals surface area contributed by atoms with Crippen molar-refractivity contribution in [3.05, 3.63) is 24.3 Å². The van der Waals surface area contributed by atoms with Crippen LogP contribution in [0.4, 0.5) is 0 Å². The fourth-order valence-electron chi connectivity index (χ4n) is 1.70. The summed E-state index contributed by atoms with van der Waals surface area (Å²) in [4.78, 5) is 23.2. The van der Waals surface area contributed by atoms with E-state index in [-0.39, 0.29) is 17.3 Å². The third-order valence-corrected chi connectivity index (χ3v) is 2.45. The van der Waals surface area contributed by atoms with Gasteiger partial charge in [-0.1, -0.05) is 12.2 Å². The Labute approximate surface area is 89.8 Å². The highest BCUT2D eigenvalue weighted by Gasteiger charge is 2.29. The predicted molar refractivity (Wildman–Crippen MR) is 57.3 cm³/mol. The lowest BCUT2D eigenvalue weighted by Crippen LogP contribution is -2.25. The molecule has 3 heteroatoms. The van der Waals surface area contributed by atoms with Crippen LogP contribution in [0.15, 0.2) is 24.3 Å². The van der Waals surface area contributed by atoms with Crippen LogP contribution in [0.5, 0.6) is 0 Å². The molecule has 0 aromatic heterocycles. The molecule has 1 rings (SSSR count). The summed E-state index contributed by atoms with van der Waals surface area (Å²) in [6, 6.07) is 0. The van der Waals surface area contributed by atoms with Gasteiger partial charge in [0.2, 0.25) is 0 Å². The molecule has 0 fully saturated rings. The van der Waals surface area contributed by atoms with Gasteiger partial charge in [0.1, 0.15) is 0 Å². The normalized spacial score (nSPS) is 20.7. The van der Waals surface area contributed by atoms with E-state index >= 15 is 0 Å². The number of hydrogen-bond acceptors (Lipinski definition) is 3. The molecule has 0 saturated carbocycles. The monoisotopic (exact) mass is 208 g/mol. The van der Waals surface area contributed by atoms with E-state index in [0.717, 1.165) is 12.8 Å². The second-order valence-corrected chi connectivity index (χ2v) is 3.50. The first kappa shape index (κ1) is 11.7. The van der Waals surface area contributed by atoms with Gasteiger partial charge in [-0.25, -0.2) is 4.79 Å². The minimum absolute atomic E-state index is 0.0908. The highest BCUT2D eigenvalue weighted by Crippen LogP contribution is 2.24. The average Bonchev–Trinajstić information content (AvgIpc) is 2.22. The van der Waals surface area contributed by atoms with Gasteiger partial charge in [0.15, 0.2) is 5.78 Å². The summed E-state index contributed by atoms with van der Waals surface area (Å²) < 4.78 is 4.82. The standard InChI is InChI=1S/C12H16O3/c1-3-6-9-7-5-8-10(11(9)13)12(14)15-4-2/h3,8-9H,1,4-7H2,2H3. The van der Waals surface area contributed by atoms with Crippen molar-refractivity contribution in [3.8, 4) is 0 Å². The molecule has 0 heterocycles. The van der Waals surface area contributed by atoms with Crippen molar-refractivity contribution in [2.45, 2.75) is 26.2 Å². The second kappa shape index (κ2) is 5.49. The number of esters is 1. The Morgan fingerprint density at radius 2 is 2.47 bits per heavy atom. The zero-order chi connectivity index (χ0) is 11.3. The van der Waals surface area contributed by atoms with Crippen molar-refractivity contribution >= 4 is 11.8 Å². The van der Waals surface area contributed by atoms with E-state index in [9.17, 15) is 9.59 Å². The third kappa shape index (κ3) is 2.78. The highest BCUT2D eigenvalue weighted by atomic mass is 16.5. The molecular weight excluding hydrogens is 192 g/mol. The predicted octanol–water partition coefficient (Wildman–Crippen LogP) is 2.03. The number of allylic oxidation sites excluding steroid dienone is 2. The maximum Gasteiger partial charge on any atom is 0.341 e. The van der Waals surface area contributed by atoms with Crippen LogP contribution in [0.3, 0.4) is 0 Å². The third-order valence-electron chi connectivity index (χ3n) is 2.45. The van der Waals surface area contributed by atoms with Crippen molar-refractivity contribution in [1.82, 2.24) is 0 Å². The van der Waals surface area contributed by atoms with Crippen LogP contribution in [-0.4, -0.2) is 18.4 Å². The average molecular weight is 208 g/mol. The Morgan fingerprint density at radius 3 is 3.07 bits per heavy atom. The smallest absolute Gasteiger partial charge is 0.341 e. The molecule has 0 saturated heterocycles. The molecular formula is C12H16O3. The van der Waals surface area contributed by atoms with Crippen molar-refractivity contribution in [3.63, 3.8) is 0 Å². The van der Waals surface area contributed by atoms with Crippen LogP contribution in [0.1, 0.15) is 26.2 Å². The topological polar surface area (TPSA) is 43.4 Å². The molecule has 1 unspecified atom stereocenters. The maximum atomic E-state index is 11.8. The fraction of sp³-hybridized carbons (Fsp3) is 0.500. The van der Waals surface area contributed by atoms with Gasteiger partial charge in [-0.3, -0.25) is 4.79 Å². The van der Waals surface area contributed by atoms with Crippen LogP contribution < -0.4 is 0 Å². The number of ketones is 1. The van der Waals surface area contributed by atoms with Crippen molar-refractivity contribution in [2.75, 3.05) is 6.61 Å². The van der Waals surface area contributed by atoms with E-state index < -0.39 is 5.97 Å². The van der Waals surface area contributed by atoms with Gasteiger partial charge >= 0.3 is 5.97 Å². The molecule has 15 heavy (non-hydrogen) atoms. The molecule has 0 amide bonds. The van der Waals surface area contributed by atoms with Crippen LogP contribution in [0.25, 0.3) is 0 Å². The maximum absolute atomic E-state index is 11.8. The molecule has 0 aromatic rings. The minimum atomic E-state index is -0.490. The van der Waals surface area contributed by atoms with Gasteiger partial charge in [-0.2, -0.15) is 0 Å². The summed E-state index contributed by atoms with van der Waals surface area (Å²) in [6.07, 6.45) is 5.60. The Bertz CT molecular complexity index is 302. The zero-order valence-electron chi connectivity index (χ0n) is 8.99. The fourth-order valence-corrected chi connectivity index (χ4v) is 1.70. The lowest BCUT2D eigenvalue weighted by Gasteiger charge is -2.18. The van der Waals surface area contributed by atoms with Crippen LogP contribution >= 0.6 is 0 Å². The first-order chi connectivity index (χ1) is 7.20. The molecule has 1 atom stereocenters. The zero-order valence-corrected chi connectivity index (χ0v) is 8.99. The number of carbonyl (C=O) groups is 2. The SMILES string of the molecule is C=CCC1CCC=C(C(=O)OCC)C1=O. The molecule has 0 bridgehead atoms. The van der Waals surface area contributed by atoms with Gasteiger partial charge in [0.25, 0.3) is 0 Å². The molecule has 0 aromatic carbocycles. The Hall–Kier alpha value is -1.38. The van der Waals surface area contributed by atoms with E-state index in [1.807, 2.05) is 0 Å². The van der Waals surface area contributed by atoms with Crippen LogP contribution in [0, 0.1) is 5.92 Å². The summed E-state index contributed by atoms with van der Waals surface area (Å²) in [5.41, 5.74) is 0.218. The Morgan fingerprint density at radius 1 is 1.73 bits per heavy atom. The quantitative estimate of drug-likeness (QED) is 0.403. The lowest BCUT2D eigenvalue weighted by molar-refractivity contribution is -0.140. The first-order valence-electron chi connectivity index (χ1n) is 5.23. The second-order valence-electron chi connectivity index (χ2n) is 3.50. The van der Waals surface area contributed by atoms with Gasteiger partial charge in [0.05, 0.1) is 12.2 Å². The minimum Gasteiger partial charge on any atom is -0.462 e. The molecule has 3 nitrogen and oxygen atoms in total. The van der Waals surface area contributed by atoms with E-state index in [1.165, 1.54) is 0 Å². The number of rotatable bonds is 4. The van der Waals surface area contributed by atoms with Crippen LogP contribution in [-0.2, 0) is 14.3 Å². The Kier molecular flexibility index (Phi) is 4.28. The summed E-state index contributed by atoms with van der Waals surface area (Å²) in [6.45, 7) is 5.64. The van der Waals surface area contributed by atoms with Gasteiger partial charge in [0, 0.05) is 5.92 Å². The first-order valence-corrected chi connectivity index (χ1v) is 5.23. The highest BCUT2D eigenvalue weighted by molar-refractivity contribution is 6.18. The number of carbonyl (C=O) groups excluding carboxylic acids is 2. The largest absolute Gasteiger partial charge is 0.462 e. The molecule has 1 aliphatic rings. The summed E-state index contributed by atoms with van der Waals surface area (Å²) in [7, 11) is 0. The number of hydrogen-bond donors (Lipinski definition) is 0. The van der Waals surface area contributed by atoms with Crippen molar-refractivity contribution < 1.29 is 14.3 Å². The molecule has 0 spiro atoms. The Balaban J connectivity index is 2.73. The van der Waals surface area contributed by atoms with Crippen molar-refractivity contribution in [1.29, 1.82) is 0 Å². The number of Topliss-reactive ketones (excluding diaryl/α,β-unsaturated/α-hetero) is 1. The van der Waals surface area contributed by atoms with Gasteiger partial charge < -0.3 is 4.74 Å². The summed E-state index contributed by atoms with van der Waals surface area (Å²) >= 11 is 0. The van der Waals surface area contributed by atoms with Gasteiger partial charge in [-0.15, -0.1) is 6.58 Å². The van der Waals surface area contributed by atoms with E-state index in [1.54, 1.807) is 19.1 Å². The molecule has 0 aliphatic heterocycles. The molecule has 82 valence electrons. The van der Waals surface area contributed by atoms with E-state index in [0.29, 0.717) is 13.0 Å². The van der Waals surface area contributed by atoms with Crippen LogP contribution in [0.2, 0.25) is 0 Å². The van der Waals surface area contributed by atoms with E-state index in [2.05, 4.69) is 6.58 Å². The summed E-state index contributed by atoms with van der Waals surface area (Å²) in [5.74, 6) is -0.678. The summed E-state index contributed by atoms with van der Waals surface area (Å²) in [5, 5.41) is 0. The van der Waals surface area contributed by atoms with E-state index in [4.69, 9.17) is 4.74 Å².